The van der Waals surface area contributed by atoms with Gasteiger partial charge in [0.05, 0.1) is 6.10 Å². The number of rotatable bonds is 2. The molecule has 4 nitrogen and oxygen atoms in total. The van der Waals surface area contributed by atoms with Crippen LogP contribution in [0.4, 0.5) is 4.79 Å². The molecule has 1 N–H and O–H groups in total. The summed E-state index contributed by atoms with van der Waals surface area (Å²) in [5.41, 5.74) is 0.174. The van der Waals surface area contributed by atoms with Crippen molar-refractivity contribution in [1.82, 2.24) is 4.90 Å². The van der Waals surface area contributed by atoms with Gasteiger partial charge in [-0.3, -0.25) is 4.90 Å². The molecule has 0 fully saturated rings. The number of aliphatic hydroxyl groups is 1. The number of hydrogen-bond acceptors (Lipinski definition) is 3. The highest BCUT2D eigenvalue weighted by molar-refractivity contribution is 5.71. The first-order valence-corrected chi connectivity index (χ1v) is 6.61. The molecule has 0 aromatic carbocycles. The van der Waals surface area contributed by atoms with Crippen LogP contribution in [0.5, 0.6) is 0 Å². The zero-order valence-electron chi connectivity index (χ0n) is 12.1. The van der Waals surface area contributed by atoms with Gasteiger partial charge in [-0.2, -0.15) is 0 Å². The molecule has 18 heavy (non-hydrogen) atoms. The smallest absolute Gasteiger partial charge is 0.414 e. The molecule has 1 rings (SSSR count). The van der Waals surface area contributed by atoms with Crippen molar-refractivity contribution >= 4 is 6.09 Å². The predicted molar refractivity (Wildman–Crippen MR) is 71.1 cm³/mol. The molecule has 1 amide bonds. The quantitative estimate of drug-likeness (QED) is 0.825. The Morgan fingerprint density at radius 3 is 2.56 bits per heavy atom. The second-order valence-electron chi connectivity index (χ2n) is 6.09. The second kappa shape index (κ2) is 5.74. The van der Waals surface area contributed by atoms with E-state index in [9.17, 15) is 9.90 Å². The Hall–Kier alpha value is -1.03. The molecule has 0 aliphatic carbocycles. The molecule has 0 spiro atoms. The molecule has 104 valence electrons. The molecule has 1 heterocycles. The van der Waals surface area contributed by atoms with E-state index in [0.29, 0.717) is 12.2 Å². The van der Waals surface area contributed by atoms with Gasteiger partial charge in [0.2, 0.25) is 0 Å². The Balaban J connectivity index is 2.82. The zero-order chi connectivity index (χ0) is 13.9. The van der Waals surface area contributed by atoms with Gasteiger partial charge in [0.25, 0.3) is 0 Å². The molecule has 0 bridgehead atoms. The van der Waals surface area contributed by atoms with E-state index < -0.39 is 11.7 Å². The van der Waals surface area contributed by atoms with E-state index in [2.05, 4.69) is 0 Å². The topological polar surface area (TPSA) is 49.8 Å². The first-order valence-electron chi connectivity index (χ1n) is 6.61. The number of hydrogen-bond donors (Lipinski definition) is 1. The molecule has 1 aliphatic heterocycles. The lowest BCUT2D eigenvalue weighted by atomic mass is 10.00. The number of nitrogens with zero attached hydrogens (tertiary/aromatic N) is 1. The largest absolute Gasteiger partial charge is 0.443 e. The van der Waals surface area contributed by atoms with Gasteiger partial charge in [-0.25, -0.2) is 4.79 Å². The number of amides is 1. The molecule has 1 atom stereocenters. The third kappa shape index (κ3) is 4.02. The monoisotopic (exact) mass is 255 g/mol. The average Bonchev–Trinajstić information content (AvgIpc) is 2.25. The number of carbonyl (C=O) groups is 1. The predicted octanol–water partition coefficient (Wildman–Crippen LogP) is 2.92. The summed E-state index contributed by atoms with van der Waals surface area (Å²) < 4.78 is 5.37. The van der Waals surface area contributed by atoms with Crippen LogP contribution in [-0.4, -0.2) is 34.3 Å². The molecule has 0 saturated carbocycles. The molecule has 1 unspecified atom stereocenters. The van der Waals surface area contributed by atoms with E-state index in [1.165, 1.54) is 0 Å². The van der Waals surface area contributed by atoms with Crippen LogP contribution >= 0.6 is 0 Å². The van der Waals surface area contributed by atoms with Crippen LogP contribution in [0, 0.1) is 5.92 Å². The highest BCUT2D eigenvalue weighted by atomic mass is 16.6. The molecule has 0 saturated heterocycles. The summed E-state index contributed by atoms with van der Waals surface area (Å²) in [5, 5.41) is 10.2. The van der Waals surface area contributed by atoms with Crippen LogP contribution < -0.4 is 0 Å². The van der Waals surface area contributed by atoms with Gasteiger partial charge < -0.3 is 9.84 Å². The summed E-state index contributed by atoms with van der Waals surface area (Å²) in [7, 11) is 0. The van der Waals surface area contributed by atoms with Gasteiger partial charge in [0.15, 0.2) is 0 Å². The number of aliphatic hydroxyl groups excluding tert-OH is 1. The fourth-order valence-corrected chi connectivity index (χ4v) is 1.87. The Bertz CT molecular complexity index is 328. The van der Waals surface area contributed by atoms with Gasteiger partial charge in [-0.15, -0.1) is 0 Å². The van der Waals surface area contributed by atoms with Gasteiger partial charge in [0.1, 0.15) is 5.60 Å². The van der Waals surface area contributed by atoms with Crippen molar-refractivity contribution < 1.29 is 14.6 Å². The van der Waals surface area contributed by atoms with Gasteiger partial charge in [-0.1, -0.05) is 19.9 Å². The lowest BCUT2D eigenvalue weighted by molar-refractivity contribution is 0.0216. The Labute approximate surface area is 110 Å². The minimum absolute atomic E-state index is 0.0827. The summed E-state index contributed by atoms with van der Waals surface area (Å²) in [6, 6.07) is 0. The fourth-order valence-electron chi connectivity index (χ4n) is 1.87. The van der Waals surface area contributed by atoms with Crippen molar-refractivity contribution in [1.29, 1.82) is 0 Å². The van der Waals surface area contributed by atoms with Gasteiger partial charge >= 0.3 is 6.09 Å². The summed E-state index contributed by atoms with van der Waals surface area (Å²) >= 11 is 0. The van der Waals surface area contributed by atoms with E-state index in [0.717, 1.165) is 12.8 Å². The third-order valence-corrected chi connectivity index (χ3v) is 2.80. The molecule has 0 aromatic heterocycles. The number of ether oxygens (including phenoxy) is 1. The summed E-state index contributed by atoms with van der Waals surface area (Å²) in [5.74, 6) is 0.0827. The zero-order valence-corrected chi connectivity index (χ0v) is 12.1. The minimum atomic E-state index is -0.613. The van der Waals surface area contributed by atoms with E-state index in [-0.39, 0.29) is 12.0 Å². The first kappa shape index (κ1) is 15.0. The summed E-state index contributed by atoms with van der Waals surface area (Å²) in [6.07, 6.45) is 2.77. The van der Waals surface area contributed by atoms with Crippen molar-refractivity contribution in [3.8, 4) is 0 Å². The standard InChI is InChI=1S/C14H25NO3/c1-10(2)12(16)11-8-6-7-9-15(11)13(17)18-14(3,4)5/h8,10,12,16H,6-7,9H2,1-5H3. The van der Waals surface area contributed by atoms with Gasteiger partial charge in [-0.05, 0) is 39.5 Å². The molecule has 0 radical (unpaired) electrons. The summed E-state index contributed by atoms with van der Waals surface area (Å²) in [6.45, 7) is 10.0. The second-order valence-corrected chi connectivity index (χ2v) is 6.09. The Morgan fingerprint density at radius 1 is 1.44 bits per heavy atom. The average molecular weight is 255 g/mol. The maximum atomic E-state index is 12.1. The first-order chi connectivity index (χ1) is 8.22. The lowest BCUT2D eigenvalue weighted by Crippen LogP contribution is -2.42. The highest BCUT2D eigenvalue weighted by Gasteiger charge is 2.30. The molecule has 4 heteroatoms. The number of carbonyl (C=O) groups excluding carboxylic acids is 1. The van der Waals surface area contributed by atoms with Crippen molar-refractivity contribution in [2.45, 2.75) is 59.2 Å². The fraction of sp³-hybridized carbons (Fsp3) is 0.786. The third-order valence-electron chi connectivity index (χ3n) is 2.80. The highest BCUT2D eigenvalue weighted by Crippen LogP contribution is 2.24. The van der Waals surface area contributed by atoms with Crippen LogP contribution in [0.15, 0.2) is 11.8 Å². The molecule has 0 aromatic rings. The van der Waals surface area contributed by atoms with Crippen LogP contribution in [-0.2, 0) is 4.74 Å². The van der Waals surface area contributed by atoms with Crippen molar-refractivity contribution in [3.63, 3.8) is 0 Å². The van der Waals surface area contributed by atoms with E-state index in [1.807, 2.05) is 40.7 Å². The van der Waals surface area contributed by atoms with Gasteiger partial charge in [0, 0.05) is 12.2 Å². The van der Waals surface area contributed by atoms with E-state index in [1.54, 1.807) is 4.90 Å². The lowest BCUT2D eigenvalue weighted by Gasteiger charge is -2.34. The van der Waals surface area contributed by atoms with E-state index >= 15 is 0 Å². The van der Waals surface area contributed by atoms with Crippen LogP contribution in [0.3, 0.4) is 0 Å². The number of allylic oxidation sites excluding steroid dienone is 1. The minimum Gasteiger partial charge on any atom is -0.443 e. The summed E-state index contributed by atoms with van der Waals surface area (Å²) in [4.78, 5) is 13.7. The van der Waals surface area contributed by atoms with E-state index in [4.69, 9.17) is 4.74 Å². The van der Waals surface area contributed by atoms with Crippen molar-refractivity contribution in [2.24, 2.45) is 5.92 Å². The molecular weight excluding hydrogens is 230 g/mol. The normalized spacial score (nSPS) is 18.6. The van der Waals surface area contributed by atoms with Crippen molar-refractivity contribution in [2.75, 3.05) is 6.54 Å². The van der Waals surface area contributed by atoms with Crippen LogP contribution in [0.25, 0.3) is 0 Å². The Kier molecular flexibility index (Phi) is 4.79. The maximum absolute atomic E-state index is 12.1. The Morgan fingerprint density at radius 2 is 2.06 bits per heavy atom. The SMILES string of the molecule is CC(C)C(O)C1=CCCCN1C(=O)OC(C)(C)C. The van der Waals surface area contributed by atoms with Crippen LogP contribution in [0.2, 0.25) is 0 Å². The van der Waals surface area contributed by atoms with Crippen molar-refractivity contribution in [3.05, 3.63) is 11.8 Å². The van der Waals surface area contributed by atoms with Crippen LogP contribution in [0.1, 0.15) is 47.5 Å². The maximum Gasteiger partial charge on any atom is 0.414 e. The molecular formula is C14H25NO3. The molecule has 1 aliphatic rings.